The minimum Gasteiger partial charge on any atom is -0.305 e. The minimum absolute atomic E-state index is 0.185. The van der Waals surface area contributed by atoms with Crippen molar-refractivity contribution in [2.24, 2.45) is 0 Å². The fraction of sp³-hybridized carbons (Fsp3) is 0.389. The van der Waals surface area contributed by atoms with Crippen LogP contribution in [0, 0.1) is 0 Å². The van der Waals surface area contributed by atoms with Gasteiger partial charge in [0.05, 0.1) is 10.6 Å². The van der Waals surface area contributed by atoms with Gasteiger partial charge < -0.3 is 5.32 Å². The Morgan fingerprint density at radius 1 is 1.13 bits per heavy atom. The van der Waals surface area contributed by atoms with Gasteiger partial charge in [0.15, 0.2) is 9.84 Å². The van der Waals surface area contributed by atoms with Gasteiger partial charge in [0.25, 0.3) is 5.91 Å². The summed E-state index contributed by atoms with van der Waals surface area (Å²) in [4.78, 5) is 19.6. The van der Waals surface area contributed by atoms with E-state index in [9.17, 15) is 35.2 Å². The smallest absolute Gasteiger partial charge is 0.305 e. The molecule has 0 saturated heterocycles. The standard InChI is InChI=1S/C18H16F5N3O3S/c1-2-30(28,29)13-7-11(10-3-4-10)8-25-15(13)16(27)26-14-6-5-12(9-24-14)17(19,20)18(21,22)23/h5-10H,2-4H2,1H3,(H,24,26,27). The summed E-state index contributed by atoms with van der Waals surface area (Å²) in [7, 11) is -3.80. The number of carbonyl (C=O) groups is 1. The molecule has 1 amide bonds. The molecule has 0 aromatic carbocycles. The number of pyridine rings is 2. The number of amides is 1. The van der Waals surface area contributed by atoms with E-state index in [0.29, 0.717) is 11.6 Å². The van der Waals surface area contributed by atoms with Crippen LogP contribution in [-0.4, -0.2) is 36.2 Å². The molecular formula is C18H16F5N3O3S. The Morgan fingerprint density at radius 3 is 2.30 bits per heavy atom. The number of sulfone groups is 1. The van der Waals surface area contributed by atoms with Crippen LogP contribution in [0.4, 0.5) is 27.8 Å². The predicted molar refractivity (Wildman–Crippen MR) is 96.1 cm³/mol. The Bertz CT molecular complexity index is 1070. The summed E-state index contributed by atoms with van der Waals surface area (Å²) in [6.07, 6.45) is -2.34. The highest BCUT2D eigenvalue weighted by atomic mass is 32.2. The Kier molecular flexibility index (Phi) is 5.56. The molecule has 2 heterocycles. The molecule has 3 rings (SSSR count). The summed E-state index contributed by atoms with van der Waals surface area (Å²) in [6, 6.07) is 2.63. The molecular weight excluding hydrogens is 433 g/mol. The lowest BCUT2D eigenvalue weighted by Gasteiger charge is -2.19. The molecule has 2 aromatic heterocycles. The van der Waals surface area contributed by atoms with Crippen LogP contribution in [0.3, 0.4) is 0 Å². The first-order chi connectivity index (χ1) is 13.9. The van der Waals surface area contributed by atoms with Gasteiger partial charge in [0, 0.05) is 18.0 Å². The van der Waals surface area contributed by atoms with Gasteiger partial charge in [-0.05, 0) is 42.5 Å². The normalized spacial score (nSPS) is 15.1. The van der Waals surface area contributed by atoms with Crippen molar-refractivity contribution in [2.45, 2.75) is 42.7 Å². The fourth-order valence-electron chi connectivity index (χ4n) is 2.66. The third kappa shape index (κ3) is 4.27. The Balaban J connectivity index is 1.88. The Morgan fingerprint density at radius 2 is 1.80 bits per heavy atom. The highest BCUT2D eigenvalue weighted by Crippen LogP contribution is 2.43. The van der Waals surface area contributed by atoms with E-state index in [1.807, 2.05) is 0 Å². The zero-order chi connectivity index (χ0) is 22.3. The van der Waals surface area contributed by atoms with Gasteiger partial charge in [-0.2, -0.15) is 22.0 Å². The summed E-state index contributed by atoms with van der Waals surface area (Å²) in [5.41, 5.74) is -1.11. The first-order valence-electron chi connectivity index (χ1n) is 8.82. The molecule has 1 saturated carbocycles. The molecule has 0 spiro atoms. The number of carbonyl (C=O) groups excluding carboxylic acids is 1. The second-order valence-corrected chi connectivity index (χ2v) is 9.00. The van der Waals surface area contributed by atoms with E-state index in [2.05, 4.69) is 15.3 Å². The number of halogens is 5. The lowest BCUT2D eigenvalue weighted by molar-refractivity contribution is -0.289. The number of hydrogen-bond acceptors (Lipinski definition) is 5. The number of nitrogens with zero attached hydrogens (tertiary/aromatic N) is 2. The molecule has 162 valence electrons. The summed E-state index contributed by atoms with van der Waals surface area (Å²) in [5.74, 6) is -6.51. The molecule has 2 aromatic rings. The van der Waals surface area contributed by atoms with E-state index in [1.54, 1.807) is 0 Å². The van der Waals surface area contributed by atoms with Crippen LogP contribution in [0.1, 0.15) is 47.3 Å². The Hall–Kier alpha value is -2.63. The number of aromatic nitrogens is 2. The van der Waals surface area contributed by atoms with Crippen molar-refractivity contribution in [2.75, 3.05) is 11.1 Å². The molecule has 0 radical (unpaired) electrons. The van der Waals surface area contributed by atoms with E-state index in [-0.39, 0.29) is 28.6 Å². The SMILES string of the molecule is CCS(=O)(=O)c1cc(C2CC2)cnc1C(=O)Nc1ccc(C(F)(F)C(F)(F)F)cn1. The van der Waals surface area contributed by atoms with Crippen LogP contribution in [0.25, 0.3) is 0 Å². The molecule has 30 heavy (non-hydrogen) atoms. The number of alkyl halides is 5. The second-order valence-electron chi connectivity index (χ2n) is 6.75. The van der Waals surface area contributed by atoms with Gasteiger partial charge in [-0.1, -0.05) is 6.92 Å². The predicted octanol–water partition coefficient (Wildman–Crippen LogP) is 4.05. The lowest BCUT2D eigenvalue weighted by Crippen LogP contribution is -2.33. The molecule has 1 fully saturated rings. The van der Waals surface area contributed by atoms with Crippen LogP contribution in [0.15, 0.2) is 35.5 Å². The maximum atomic E-state index is 13.3. The van der Waals surface area contributed by atoms with Crippen molar-refractivity contribution >= 4 is 21.6 Å². The van der Waals surface area contributed by atoms with Gasteiger partial charge in [-0.15, -0.1) is 0 Å². The van der Waals surface area contributed by atoms with Crippen LogP contribution in [-0.2, 0) is 15.8 Å². The van der Waals surface area contributed by atoms with Gasteiger partial charge >= 0.3 is 12.1 Å². The molecule has 0 bridgehead atoms. The van der Waals surface area contributed by atoms with E-state index >= 15 is 0 Å². The molecule has 1 aliphatic rings. The van der Waals surface area contributed by atoms with Crippen LogP contribution >= 0.6 is 0 Å². The topological polar surface area (TPSA) is 89.0 Å². The monoisotopic (exact) mass is 449 g/mol. The molecule has 0 unspecified atom stereocenters. The third-order valence-electron chi connectivity index (χ3n) is 4.58. The minimum atomic E-state index is -5.80. The number of rotatable bonds is 6. The maximum absolute atomic E-state index is 13.3. The molecule has 1 N–H and O–H groups in total. The van der Waals surface area contributed by atoms with Crippen molar-refractivity contribution in [1.82, 2.24) is 9.97 Å². The fourth-order valence-corrected chi connectivity index (χ4v) is 3.72. The highest BCUT2D eigenvalue weighted by molar-refractivity contribution is 7.91. The maximum Gasteiger partial charge on any atom is 0.458 e. The zero-order valence-electron chi connectivity index (χ0n) is 15.5. The summed E-state index contributed by atoms with van der Waals surface area (Å²) in [6.45, 7) is 1.40. The van der Waals surface area contributed by atoms with E-state index in [0.717, 1.165) is 18.9 Å². The second kappa shape index (κ2) is 7.56. The number of hydrogen-bond donors (Lipinski definition) is 1. The van der Waals surface area contributed by atoms with Crippen molar-refractivity contribution < 1.29 is 35.2 Å². The van der Waals surface area contributed by atoms with E-state index in [1.165, 1.54) is 19.2 Å². The van der Waals surface area contributed by atoms with Crippen molar-refractivity contribution in [3.63, 3.8) is 0 Å². The molecule has 0 aliphatic heterocycles. The molecule has 12 heteroatoms. The van der Waals surface area contributed by atoms with E-state index < -0.39 is 39.1 Å². The molecule has 0 atom stereocenters. The van der Waals surface area contributed by atoms with Crippen LogP contribution in [0.2, 0.25) is 0 Å². The third-order valence-corrected chi connectivity index (χ3v) is 6.32. The average molecular weight is 449 g/mol. The first kappa shape index (κ1) is 22.1. The summed E-state index contributed by atoms with van der Waals surface area (Å²) < 4.78 is 88.7. The van der Waals surface area contributed by atoms with Crippen molar-refractivity contribution in [3.8, 4) is 0 Å². The van der Waals surface area contributed by atoms with Gasteiger partial charge in [0.1, 0.15) is 11.5 Å². The van der Waals surface area contributed by atoms with Crippen LogP contribution in [0.5, 0.6) is 0 Å². The highest BCUT2D eigenvalue weighted by Gasteiger charge is 2.58. The number of nitrogens with one attached hydrogen (secondary N) is 1. The lowest BCUT2D eigenvalue weighted by atomic mass is 10.1. The van der Waals surface area contributed by atoms with Gasteiger partial charge in [-0.25, -0.2) is 18.4 Å². The zero-order valence-corrected chi connectivity index (χ0v) is 16.3. The Labute approximate surface area is 168 Å². The number of anilines is 1. The largest absolute Gasteiger partial charge is 0.458 e. The average Bonchev–Trinajstić information content (AvgIpc) is 3.52. The van der Waals surface area contributed by atoms with Crippen molar-refractivity contribution in [3.05, 3.63) is 47.4 Å². The summed E-state index contributed by atoms with van der Waals surface area (Å²) >= 11 is 0. The molecule has 1 aliphatic carbocycles. The van der Waals surface area contributed by atoms with Gasteiger partial charge in [-0.3, -0.25) is 4.79 Å². The van der Waals surface area contributed by atoms with E-state index in [4.69, 9.17) is 0 Å². The van der Waals surface area contributed by atoms with Gasteiger partial charge in [0.2, 0.25) is 0 Å². The summed E-state index contributed by atoms with van der Waals surface area (Å²) in [5, 5.41) is 2.17. The quantitative estimate of drug-likeness (QED) is 0.672. The molecule has 6 nitrogen and oxygen atoms in total. The first-order valence-corrected chi connectivity index (χ1v) is 10.5. The van der Waals surface area contributed by atoms with Crippen molar-refractivity contribution in [1.29, 1.82) is 0 Å². The van der Waals surface area contributed by atoms with Crippen LogP contribution < -0.4 is 5.32 Å².